The number of hydrogen-bond donors (Lipinski definition) is 1. The van der Waals surface area contributed by atoms with Crippen LogP contribution in [0.5, 0.6) is 0 Å². The molecule has 0 amide bonds. The Labute approximate surface area is 117 Å². The van der Waals surface area contributed by atoms with Crippen LogP contribution in [0, 0.1) is 5.92 Å². The van der Waals surface area contributed by atoms with Crippen molar-refractivity contribution in [2.45, 2.75) is 51.7 Å². The Balaban J connectivity index is 2.18. The van der Waals surface area contributed by atoms with Crippen LogP contribution in [0.4, 0.5) is 0 Å². The average Bonchev–Trinajstić information content (AvgIpc) is 2.40. The van der Waals surface area contributed by atoms with Crippen LogP contribution in [-0.4, -0.2) is 24.3 Å². The Kier molecular flexibility index (Phi) is 4.32. The molecule has 19 heavy (non-hydrogen) atoms. The second kappa shape index (κ2) is 5.64. The van der Waals surface area contributed by atoms with Crippen molar-refractivity contribution >= 4 is 0 Å². The number of morpholine rings is 1. The molecule has 1 aliphatic heterocycles. The summed E-state index contributed by atoms with van der Waals surface area (Å²) in [5, 5.41) is 3.59. The molecule has 0 aliphatic carbocycles. The molecule has 2 atom stereocenters. The molecule has 1 fully saturated rings. The highest BCUT2D eigenvalue weighted by Gasteiger charge is 2.43. The van der Waals surface area contributed by atoms with E-state index >= 15 is 0 Å². The molecule has 2 heteroatoms. The molecule has 2 nitrogen and oxygen atoms in total. The van der Waals surface area contributed by atoms with Crippen molar-refractivity contribution in [3.63, 3.8) is 0 Å². The highest BCUT2D eigenvalue weighted by Crippen LogP contribution is 2.34. The molecule has 1 aromatic rings. The summed E-state index contributed by atoms with van der Waals surface area (Å²) in [6.45, 7) is 10.9. The summed E-state index contributed by atoms with van der Waals surface area (Å²) in [4.78, 5) is 0. The van der Waals surface area contributed by atoms with Crippen molar-refractivity contribution in [1.82, 2.24) is 5.32 Å². The number of ether oxygens (including phenoxy) is 1. The van der Waals surface area contributed by atoms with Gasteiger partial charge in [-0.2, -0.15) is 0 Å². The minimum Gasteiger partial charge on any atom is -0.366 e. The quantitative estimate of drug-likeness (QED) is 0.897. The van der Waals surface area contributed by atoms with E-state index in [0.717, 1.165) is 25.9 Å². The van der Waals surface area contributed by atoms with Gasteiger partial charge in [0.05, 0.1) is 11.2 Å². The van der Waals surface area contributed by atoms with Gasteiger partial charge in [0.25, 0.3) is 0 Å². The van der Waals surface area contributed by atoms with Gasteiger partial charge in [-0.25, -0.2) is 0 Å². The molecule has 0 bridgehead atoms. The van der Waals surface area contributed by atoms with Crippen LogP contribution in [0.2, 0.25) is 0 Å². The lowest BCUT2D eigenvalue weighted by Crippen LogP contribution is -2.61. The van der Waals surface area contributed by atoms with E-state index in [2.05, 4.69) is 63.3 Å². The third-order valence-electron chi connectivity index (χ3n) is 4.61. The minimum atomic E-state index is -0.0708. The average molecular weight is 261 g/mol. The normalized spacial score (nSPS) is 31.6. The van der Waals surface area contributed by atoms with Crippen LogP contribution in [0.1, 0.15) is 39.7 Å². The zero-order valence-corrected chi connectivity index (χ0v) is 12.7. The monoisotopic (exact) mass is 261 g/mol. The molecule has 1 N–H and O–H groups in total. The van der Waals surface area contributed by atoms with E-state index in [0.29, 0.717) is 5.92 Å². The maximum absolute atomic E-state index is 6.61. The van der Waals surface area contributed by atoms with Gasteiger partial charge >= 0.3 is 0 Å². The first-order valence-electron chi connectivity index (χ1n) is 7.44. The largest absolute Gasteiger partial charge is 0.366 e. The zero-order valence-electron chi connectivity index (χ0n) is 12.7. The summed E-state index contributed by atoms with van der Waals surface area (Å²) in [7, 11) is 0. The van der Waals surface area contributed by atoms with Gasteiger partial charge in [0.2, 0.25) is 0 Å². The van der Waals surface area contributed by atoms with E-state index in [-0.39, 0.29) is 11.2 Å². The summed E-state index contributed by atoms with van der Waals surface area (Å²) in [5.41, 5.74) is 1.22. The topological polar surface area (TPSA) is 21.3 Å². The fourth-order valence-corrected chi connectivity index (χ4v) is 2.82. The molecule has 2 rings (SSSR count). The molecule has 0 aromatic heterocycles. The Morgan fingerprint density at radius 1 is 1.21 bits per heavy atom. The van der Waals surface area contributed by atoms with E-state index < -0.39 is 0 Å². The van der Waals surface area contributed by atoms with Crippen molar-refractivity contribution < 1.29 is 4.74 Å². The van der Waals surface area contributed by atoms with Gasteiger partial charge in [-0.1, -0.05) is 51.1 Å². The van der Waals surface area contributed by atoms with Gasteiger partial charge in [0, 0.05) is 19.5 Å². The second-order valence-corrected chi connectivity index (χ2v) is 6.37. The lowest BCUT2D eigenvalue weighted by atomic mass is 9.84. The molecule has 1 aromatic carbocycles. The van der Waals surface area contributed by atoms with Crippen LogP contribution in [-0.2, 0) is 11.2 Å². The maximum Gasteiger partial charge on any atom is 0.0851 e. The Morgan fingerprint density at radius 2 is 1.89 bits per heavy atom. The molecule has 1 aliphatic rings. The predicted octanol–water partition coefficient (Wildman–Crippen LogP) is 3.41. The van der Waals surface area contributed by atoms with Crippen molar-refractivity contribution in [1.29, 1.82) is 0 Å². The first-order valence-corrected chi connectivity index (χ1v) is 7.44. The highest BCUT2D eigenvalue weighted by molar-refractivity contribution is 5.18. The Hall–Kier alpha value is -0.860. The highest BCUT2D eigenvalue weighted by atomic mass is 16.5. The van der Waals surface area contributed by atoms with E-state index in [1.165, 1.54) is 5.56 Å². The van der Waals surface area contributed by atoms with Crippen molar-refractivity contribution in [2.75, 3.05) is 13.1 Å². The molecular weight excluding hydrogens is 234 g/mol. The number of benzene rings is 1. The van der Waals surface area contributed by atoms with Crippen molar-refractivity contribution in [3.05, 3.63) is 35.9 Å². The summed E-state index contributed by atoms with van der Waals surface area (Å²) >= 11 is 0. The second-order valence-electron chi connectivity index (χ2n) is 6.37. The van der Waals surface area contributed by atoms with Gasteiger partial charge in [0.1, 0.15) is 0 Å². The van der Waals surface area contributed by atoms with Gasteiger partial charge in [-0.3, -0.25) is 0 Å². The van der Waals surface area contributed by atoms with E-state index in [1.54, 1.807) is 0 Å². The van der Waals surface area contributed by atoms with Crippen molar-refractivity contribution in [2.24, 2.45) is 5.92 Å². The fraction of sp³-hybridized carbons (Fsp3) is 0.647. The van der Waals surface area contributed by atoms with Gasteiger partial charge in [0.15, 0.2) is 0 Å². The number of hydrogen-bond acceptors (Lipinski definition) is 2. The first-order chi connectivity index (χ1) is 9.00. The van der Waals surface area contributed by atoms with E-state index in [9.17, 15) is 0 Å². The van der Waals surface area contributed by atoms with Crippen LogP contribution < -0.4 is 5.32 Å². The fourth-order valence-electron chi connectivity index (χ4n) is 2.82. The SMILES string of the molecule is CCC1(Cc2ccccc2)CNCC(C)(C(C)C)O1. The van der Waals surface area contributed by atoms with Crippen LogP contribution in [0.15, 0.2) is 30.3 Å². The third-order valence-corrected chi connectivity index (χ3v) is 4.61. The molecule has 1 saturated heterocycles. The summed E-state index contributed by atoms with van der Waals surface area (Å²) in [5.74, 6) is 0.516. The molecule has 106 valence electrons. The maximum atomic E-state index is 6.61. The van der Waals surface area contributed by atoms with Crippen LogP contribution in [0.3, 0.4) is 0 Å². The summed E-state index contributed by atoms with van der Waals surface area (Å²) in [6, 6.07) is 10.7. The van der Waals surface area contributed by atoms with Crippen molar-refractivity contribution in [3.8, 4) is 0 Å². The number of nitrogens with one attached hydrogen (secondary N) is 1. The molecule has 0 saturated carbocycles. The summed E-state index contributed by atoms with van der Waals surface area (Å²) in [6.07, 6.45) is 2.02. The minimum absolute atomic E-state index is 0.0664. The van der Waals surface area contributed by atoms with E-state index in [1.807, 2.05) is 0 Å². The predicted molar refractivity (Wildman–Crippen MR) is 80.4 cm³/mol. The Bertz CT molecular complexity index is 403. The lowest BCUT2D eigenvalue weighted by molar-refractivity contribution is -0.189. The standard InChI is InChI=1S/C17H27NO/c1-5-17(11-15-9-7-6-8-10-15)13-18-12-16(4,19-17)14(2)3/h6-10,14,18H,5,11-13H2,1-4H3. The molecule has 1 heterocycles. The number of rotatable bonds is 4. The third kappa shape index (κ3) is 3.18. The van der Waals surface area contributed by atoms with Crippen LogP contribution >= 0.6 is 0 Å². The van der Waals surface area contributed by atoms with Gasteiger partial charge in [-0.05, 0) is 24.8 Å². The zero-order chi connectivity index (χ0) is 13.9. The van der Waals surface area contributed by atoms with E-state index in [4.69, 9.17) is 4.74 Å². The molecule has 0 radical (unpaired) electrons. The Morgan fingerprint density at radius 3 is 2.47 bits per heavy atom. The van der Waals surface area contributed by atoms with Gasteiger partial charge < -0.3 is 10.1 Å². The van der Waals surface area contributed by atoms with Gasteiger partial charge in [-0.15, -0.1) is 0 Å². The summed E-state index contributed by atoms with van der Waals surface area (Å²) < 4.78 is 6.61. The van der Waals surface area contributed by atoms with Crippen LogP contribution in [0.25, 0.3) is 0 Å². The molecule has 0 spiro atoms. The lowest BCUT2D eigenvalue weighted by Gasteiger charge is -2.49. The first kappa shape index (κ1) is 14.5. The molecular formula is C17H27NO. The smallest absolute Gasteiger partial charge is 0.0851 e. The molecule has 2 unspecified atom stereocenters.